The number of hydrogen-bond donors (Lipinski definition) is 2. The van der Waals surface area contributed by atoms with E-state index in [-0.39, 0.29) is 10.6 Å². The van der Waals surface area contributed by atoms with E-state index in [2.05, 4.69) is 27.4 Å². The molecule has 0 unspecified atom stereocenters. The predicted molar refractivity (Wildman–Crippen MR) is 55.7 cm³/mol. The van der Waals surface area contributed by atoms with Gasteiger partial charge in [0.25, 0.3) is 5.56 Å². The van der Waals surface area contributed by atoms with Gasteiger partial charge in [0, 0.05) is 6.04 Å². The van der Waals surface area contributed by atoms with Crippen LogP contribution in [0.4, 0.5) is 5.82 Å². The Morgan fingerprint density at radius 3 is 2.93 bits per heavy atom. The number of H-pyrrole nitrogens is 1. The molecule has 1 heterocycles. The summed E-state index contributed by atoms with van der Waals surface area (Å²) >= 11 is 5.78. The lowest BCUT2D eigenvalue weighted by Gasteiger charge is -2.12. The lowest BCUT2D eigenvalue weighted by molar-refractivity contribution is 0.779. The molecule has 0 aliphatic heterocycles. The van der Waals surface area contributed by atoms with Gasteiger partial charge in [-0.05, 0) is 12.8 Å². The van der Waals surface area contributed by atoms with E-state index in [0.29, 0.717) is 11.9 Å². The molecule has 0 fully saturated rings. The summed E-state index contributed by atoms with van der Waals surface area (Å²) in [5, 5.41) is 3.25. The van der Waals surface area contributed by atoms with Gasteiger partial charge >= 0.3 is 0 Å². The molecule has 74 valence electrons. The summed E-state index contributed by atoms with van der Waals surface area (Å²) < 4.78 is 0. The van der Waals surface area contributed by atoms with Gasteiger partial charge in [0.1, 0.15) is 5.02 Å². The minimum Gasteiger partial charge on any atom is -0.365 e. The molecule has 2 rings (SSSR count). The van der Waals surface area contributed by atoms with Crippen LogP contribution in [-0.2, 0) is 0 Å². The first-order valence-corrected chi connectivity index (χ1v) is 4.80. The van der Waals surface area contributed by atoms with Crippen molar-refractivity contribution in [3.63, 3.8) is 0 Å². The lowest BCUT2D eigenvalue weighted by Crippen LogP contribution is -2.19. The van der Waals surface area contributed by atoms with Gasteiger partial charge in [-0.1, -0.05) is 23.8 Å². The number of nitrogens with zero attached hydrogens (tertiary/aromatic N) is 1. The van der Waals surface area contributed by atoms with E-state index in [0.717, 1.165) is 12.8 Å². The van der Waals surface area contributed by atoms with Crippen LogP contribution in [0.5, 0.6) is 0 Å². The van der Waals surface area contributed by atoms with Gasteiger partial charge in [-0.15, -0.1) is 0 Å². The largest absolute Gasteiger partial charge is 0.365 e. The van der Waals surface area contributed by atoms with E-state index < -0.39 is 0 Å². The quantitative estimate of drug-likeness (QED) is 0.730. The van der Waals surface area contributed by atoms with Crippen LogP contribution < -0.4 is 10.9 Å². The number of hydrogen-bond acceptors (Lipinski definition) is 3. The number of anilines is 1. The topological polar surface area (TPSA) is 57.8 Å². The molecule has 0 saturated heterocycles. The molecule has 1 aromatic rings. The average molecular weight is 212 g/mol. The molecule has 0 saturated carbocycles. The van der Waals surface area contributed by atoms with Crippen molar-refractivity contribution in [1.29, 1.82) is 0 Å². The van der Waals surface area contributed by atoms with Gasteiger partial charge in [-0.25, -0.2) is 4.98 Å². The first-order valence-electron chi connectivity index (χ1n) is 4.42. The minimum atomic E-state index is -0.310. The fraction of sp³-hybridized carbons (Fsp3) is 0.333. The highest BCUT2D eigenvalue weighted by Crippen LogP contribution is 2.18. The minimum absolute atomic E-state index is 0.124. The zero-order valence-corrected chi connectivity index (χ0v) is 8.21. The summed E-state index contributed by atoms with van der Waals surface area (Å²) in [5.41, 5.74) is -0.310. The van der Waals surface area contributed by atoms with Crippen molar-refractivity contribution in [1.82, 2.24) is 9.97 Å². The molecule has 5 heteroatoms. The third kappa shape index (κ3) is 1.80. The van der Waals surface area contributed by atoms with Crippen molar-refractivity contribution < 1.29 is 0 Å². The van der Waals surface area contributed by atoms with Crippen LogP contribution >= 0.6 is 11.6 Å². The Morgan fingerprint density at radius 1 is 1.50 bits per heavy atom. The molecule has 0 aromatic carbocycles. The monoisotopic (exact) mass is 211 g/mol. The van der Waals surface area contributed by atoms with E-state index in [9.17, 15) is 4.79 Å². The van der Waals surface area contributed by atoms with Gasteiger partial charge in [-0.3, -0.25) is 4.79 Å². The third-order valence-corrected chi connectivity index (χ3v) is 2.50. The third-order valence-electron chi connectivity index (χ3n) is 2.15. The molecule has 0 amide bonds. The fourth-order valence-corrected chi connectivity index (χ4v) is 1.57. The summed E-state index contributed by atoms with van der Waals surface area (Å²) in [6.45, 7) is 0. The van der Waals surface area contributed by atoms with Gasteiger partial charge in [0.2, 0.25) is 0 Å². The second kappa shape index (κ2) is 3.84. The number of halogens is 1. The van der Waals surface area contributed by atoms with Crippen LogP contribution in [0.3, 0.4) is 0 Å². The molecule has 0 radical (unpaired) electrons. The SMILES string of the molecule is O=c1[nH]cnc(NC2CC=CC2)c1Cl. The van der Waals surface area contributed by atoms with Crippen molar-refractivity contribution in [3.8, 4) is 0 Å². The molecule has 0 atom stereocenters. The molecule has 4 nitrogen and oxygen atoms in total. The van der Waals surface area contributed by atoms with Crippen molar-refractivity contribution in [2.45, 2.75) is 18.9 Å². The summed E-state index contributed by atoms with van der Waals surface area (Å²) in [6.07, 6.45) is 7.44. The van der Waals surface area contributed by atoms with Crippen LogP contribution in [0.1, 0.15) is 12.8 Å². The molecule has 2 N–H and O–H groups in total. The Morgan fingerprint density at radius 2 is 2.21 bits per heavy atom. The maximum atomic E-state index is 11.1. The Labute approximate surface area is 86.0 Å². The van der Waals surface area contributed by atoms with Crippen molar-refractivity contribution in [2.75, 3.05) is 5.32 Å². The smallest absolute Gasteiger partial charge is 0.271 e. The molecule has 0 bridgehead atoms. The summed E-state index contributed by atoms with van der Waals surface area (Å²) in [7, 11) is 0. The number of aromatic amines is 1. The van der Waals surface area contributed by atoms with Crippen molar-refractivity contribution in [2.24, 2.45) is 0 Å². The standard InChI is InChI=1S/C9H10ClN3O/c10-7-8(11-5-12-9(7)14)13-6-3-1-2-4-6/h1-2,5-6H,3-4H2,(H2,11,12,13,14). The zero-order valence-electron chi connectivity index (χ0n) is 7.46. The highest BCUT2D eigenvalue weighted by atomic mass is 35.5. The van der Waals surface area contributed by atoms with Gasteiger partial charge < -0.3 is 10.3 Å². The Kier molecular flexibility index (Phi) is 2.54. The lowest BCUT2D eigenvalue weighted by atomic mass is 10.2. The molecular formula is C9H10ClN3O. The zero-order chi connectivity index (χ0) is 9.97. The van der Waals surface area contributed by atoms with Gasteiger partial charge in [0.15, 0.2) is 5.82 Å². The number of nitrogens with one attached hydrogen (secondary N) is 2. The summed E-state index contributed by atoms with van der Waals surface area (Å²) in [4.78, 5) is 17.5. The fourth-order valence-electron chi connectivity index (χ4n) is 1.41. The Hall–Kier alpha value is -1.29. The van der Waals surface area contributed by atoms with E-state index >= 15 is 0 Å². The summed E-state index contributed by atoms with van der Waals surface area (Å²) in [5.74, 6) is 0.462. The highest BCUT2D eigenvalue weighted by Gasteiger charge is 2.13. The number of aromatic nitrogens is 2. The maximum absolute atomic E-state index is 11.1. The highest BCUT2D eigenvalue weighted by molar-refractivity contribution is 6.32. The van der Waals surface area contributed by atoms with Crippen LogP contribution in [0.2, 0.25) is 5.02 Å². The molecular weight excluding hydrogens is 202 g/mol. The van der Waals surface area contributed by atoms with Gasteiger partial charge in [0.05, 0.1) is 6.33 Å². The molecule has 0 spiro atoms. The normalized spacial score (nSPS) is 16.1. The molecule has 1 aliphatic carbocycles. The van der Waals surface area contributed by atoms with Crippen LogP contribution in [0, 0.1) is 0 Å². The van der Waals surface area contributed by atoms with Crippen LogP contribution in [0.15, 0.2) is 23.3 Å². The van der Waals surface area contributed by atoms with E-state index in [4.69, 9.17) is 11.6 Å². The average Bonchev–Trinajstić information content (AvgIpc) is 2.66. The Bertz CT molecular complexity index is 405. The number of rotatable bonds is 2. The first-order chi connectivity index (χ1) is 6.77. The van der Waals surface area contributed by atoms with Crippen molar-refractivity contribution >= 4 is 17.4 Å². The predicted octanol–water partition coefficient (Wildman–Crippen LogP) is 1.55. The van der Waals surface area contributed by atoms with Crippen molar-refractivity contribution in [3.05, 3.63) is 33.9 Å². The second-order valence-electron chi connectivity index (χ2n) is 3.18. The first kappa shape index (κ1) is 9.27. The molecule has 1 aromatic heterocycles. The Balaban J connectivity index is 2.16. The maximum Gasteiger partial charge on any atom is 0.271 e. The molecule has 1 aliphatic rings. The second-order valence-corrected chi connectivity index (χ2v) is 3.56. The summed E-state index contributed by atoms with van der Waals surface area (Å²) in [6, 6.07) is 0.307. The van der Waals surface area contributed by atoms with Crippen LogP contribution in [0.25, 0.3) is 0 Å². The van der Waals surface area contributed by atoms with Crippen LogP contribution in [-0.4, -0.2) is 16.0 Å². The molecule has 14 heavy (non-hydrogen) atoms. The van der Waals surface area contributed by atoms with E-state index in [1.807, 2.05) is 0 Å². The van der Waals surface area contributed by atoms with Gasteiger partial charge in [-0.2, -0.15) is 0 Å². The van der Waals surface area contributed by atoms with E-state index in [1.165, 1.54) is 6.33 Å². The van der Waals surface area contributed by atoms with E-state index in [1.54, 1.807) is 0 Å².